The average molecular weight is 450 g/mol. The van der Waals surface area contributed by atoms with Crippen LogP contribution in [0.3, 0.4) is 0 Å². The van der Waals surface area contributed by atoms with Crippen LogP contribution in [-0.4, -0.2) is 23.7 Å². The van der Waals surface area contributed by atoms with Crippen LogP contribution in [0, 0.1) is 6.92 Å². The fraction of sp³-hybridized carbons (Fsp3) is 0.280. The van der Waals surface area contributed by atoms with Gasteiger partial charge in [0.15, 0.2) is 0 Å². The summed E-state index contributed by atoms with van der Waals surface area (Å²) in [4.78, 5) is 28.0. The van der Waals surface area contributed by atoms with Gasteiger partial charge in [-0.15, -0.1) is 11.8 Å². The fourth-order valence-corrected chi connectivity index (χ4v) is 4.52. The Bertz CT molecular complexity index is 1080. The van der Waals surface area contributed by atoms with Crippen LogP contribution in [0.4, 0.5) is 16.2 Å². The number of hydrogen-bond acceptors (Lipinski definition) is 4. The molecule has 2 N–H and O–H groups in total. The second kappa shape index (κ2) is 9.96. The number of nitrogens with one attached hydrogen (secondary N) is 2. The monoisotopic (exact) mass is 449 g/mol. The molecule has 1 aliphatic heterocycles. The molecule has 2 aromatic carbocycles. The van der Waals surface area contributed by atoms with E-state index in [1.165, 1.54) is 17.3 Å². The van der Waals surface area contributed by atoms with E-state index in [0.29, 0.717) is 18.0 Å². The van der Waals surface area contributed by atoms with Gasteiger partial charge in [0, 0.05) is 23.0 Å². The molecule has 0 aliphatic carbocycles. The van der Waals surface area contributed by atoms with Crippen LogP contribution in [0.5, 0.6) is 0 Å². The van der Waals surface area contributed by atoms with Crippen LogP contribution in [-0.2, 0) is 17.8 Å². The van der Waals surface area contributed by atoms with Gasteiger partial charge in [0.1, 0.15) is 5.76 Å². The van der Waals surface area contributed by atoms with Gasteiger partial charge in [0.25, 0.3) is 0 Å². The summed E-state index contributed by atoms with van der Waals surface area (Å²) < 4.78 is 5.34. The minimum atomic E-state index is -0.267. The van der Waals surface area contributed by atoms with Gasteiger partial charge >= 0.3 is 6.03 Å². The van der Waals surface area contributed by atoms with E-state index in [-0.39, 0.29) is 18.0 Å². The molecule has 32 heavy (non-hydrogen) atoms. The first-order valence-electron chi connectivity index (χ1n) is 10.7. The highest BCUT2D eigenvalue weighted by Crippen LogP contribution is 2.38. The lowest BCUT2D eigenvalue weighted by atomic mass is 10.1. The maximum atomic E-state index is 12.7. The predicted molar refractivity (Wildman–Crippen MR) is 128 cm³/mol. The van der Waals surface area contributed by atoms with E-state index < -0.39 is 0 Å². The molecule has 3 aromatic rings. The van der Waals surface area contributed by atoms with Gasteiger partial charge < -0.3 is 20.0 Å². The number of amides is 3. The third kappa shape index (κ3) is 5.53. The lowest BCUT2D eigenvalue weighted by Crippen LogP contribution is -2.37. The highest BCUT2D eigenvalue weighted by molar-refractivity contribution is 8.00. The highest BCUT2D eigenvalue weighted by atomic mass is 32.2. The Morgan fingerprint density at radius 3 is 2.75 bits per heavy atom. The molecule has 0 saturated heterocycles. The Labute approximate surface area is 192 Å². The molecule has 7 heteroatoms. The number of nitrogens with zero attached hydrogens (tertiary/aromatic N) is 1. The van der Waals surface area contributed by atoms with Gasteiger partial charge in [0.05, 0.1) is 24.2 Å². The molecule has 0 saturated carbocycles. The van der Waals surface area contributed by atoms with Crippen LogP contribution < -0.4 is 15.5 Å². The maximum Gasteiger partial charge on any atom is 0.319 e. The zero-order valence-electron chi connectivity index (χ0n) is 18.3. The van der Waals surface area contributed by atoms with E-state index in [1.54, 1.807) is 11.2 Å². The van der Waals surface area contributed by atoms with Crippen LogP contribution in [0.1, 0.15) is 30.2 Å². The standard InChI is InChI=1S/C25H27N3O3S/c1-17-5-8-19(9-6-17)15-28-22-14-20(10-12-23(22)32-16-24(28)29)27-25(30)26-18(2)7-11-21-4-3-13-31-21/h3-6,8-10,12-14,18H,7,11,15-16H2,1-2H3,(H2,26,27,30)/t18-/m0/s1. The van der Waals surface area contributed by atoms with Crippen LogP contribution >= 0.6 is 11.8 Å². The van der Waals surface area contributed by atoms with E-state index in [1.807, 2.05) is 56.3 Å². The van der Waals surface area contributed by atoms with Crippen LogP contribution in [0.15, 0.2) is 70.2 Å². The van der Waals surface area contributed by atoms with E-state index in [9.17, 15) is 9.59 Å². The maximum absolute atomic E-state index is 12.7. The highest BCUT2D eigenvalue weighted by Gasteiger charge is 2.25. The molecule has 0 radical (unpaired) electrons. The van der Waals surface area contributed by atoms with E-state index >= 15 is 0 Å². The number of carbonyl (C=O) groups excluding carboxylic acids is 2. The Balaban J connectivity index is 1.41. The van der Waals surface area contributed by atoms with Crippen molar-refractivity contribution in [3.8, 4) is 0 Å². The molecule has 0 bridgehead atoms. The first-order chi connectivity index (χ1) is 15.5. The number of benzene rings is 2. The first kappa shape index (κ1) is 22.0. The van der Waals surface area contributed by atoms with Crippen LogP contribution in [0.2, 0.25) is 0 Å². The van der Waals surface area contributed by atoms with Crippen molar-refractivity contribution in [2.75, 3.05) is 16.0 Å². The number of fused-ring (bicyclic) bond motifs is 1. The van der Waals surface area contributed by atoms with Gasteiger partial charge in [-0.3, -0.25) is 4.79 Å². The summed E-state index contributed by atoms with van der Waals surface area (Å²) in [6.45, 7) is 4.52. The lowest BCUT2D eigenvalue weighted by Gasteiger charge is -2.29. The summed E-state index contributed by atoms with van der Waals surface area (Å²) in [7, 11) is 0. The third-order valence-corrected chi connectivity index (χ3v) is 6.45. The van der Waals surface area contributed by atoms with Crippen molar-refractivity contribution in [2.45, 2.75) is 44.2 Å². The zero-order chi connectivity index (χ0) is 22.5. The van der Waals surface area contributed by atoms with Crippen molar-refractivity contribution >= 4 is 35.1 Å². The van der Waals surface area contributed by atoms with Crippen molar-refractivity contribution in [1.82, 2.24) is 5.32 Å². The molecule has 166 valence electrons. The summed E-state index contributed by atoms with van der Waals surface area (Å²) in [6.07, 6.45) is 3.20. The molecule has 6 nitrogen and oxygen atoms in total. The summed E-state index contributed by atoms with van der Waals surface area (Å²) in [5.41, 5.74) is 3.74. The fourth-order valence-electron chi connectivity index (χ4n) is 3.61. The summed E-state index contributed by atoms with van der Waals surface area (Å²) in [5, 5.41) is 5.86. The first-order valence-corrected chi connectivity index (χ1v) is 11.7. The molecule has 0 spiro atoms. The molecular formula is C25H27N3O3S. The number of aryl methyl sites for hydroxylation is 2. The Kier molecular flexibility index (Phi) is 6.85. The number of anilines is 2. The van der Waals surface area contributed by atoms with Crippen molar-refractivity contribution in [3.05, 3.63) is 77.7 Å². The van der Waals surface area contributed by atoms with Gasteiger partial charge in [0.2, 0.25) is 5.91 Å². The van der Waals surface area contributed by atoms with Crippen molar-refractivity contribution in [2.24, 2.45) is 0 Å². The molecule has 3 amide bonds. The molecular weight excluding hydrogens is 422 g/mol. The summed E-state index contributed by atoms with van der Waals surface area (Å²) in [5.74, 6) is 1.39. The van der Waals surface area contributed by atoms with E-state index in [4.69, 9.17) is 4.42 Å². The molecule has 0 fully saturated rings. The summed E-state index contributed by atoms with van der Waals surface area (Å²) in [6, 6.07) is 17.4. The minimum absolute atomic E-state index is 0.00658. The Hall–Kier alpha value is -3.19. The van der Waals surface area contributed by atoms with Gasteiger partial charge in [-0.2, -0.15) is 0 Å². The number of rotatable bonds is 7. The largest absolute Gasteiger partial charge is 0.469 e. The molecule has 1 aromatic heterocycles. The van der Waals surface area contributed by atoms with Crippen LogP contribution in [0.25, 0.3) is 0 Å². The Morgan fingerprint density at radius 1 is 1.19 bits per heavy atom. The average Bonchev–Trinajstić information content (AvgIpc) is 3.29. The smallest absolute Gasteiger partial charge is 0.319 e. The minimum Gasteiger partial charge on any atom is -0.469 e. The normalized spacial score (nSPS) is 14.1. The number of furan rings is 1. The Morgan fingerprint density at radius 2 is 2.00 bits per heavy atom. The van der Waals surface area contributed by atoms with Gasteiger partial charge in [-0.1, -0.05) is 29.8 Å². The number of thioether (sulfide) groups is 1. The molecule has 0 unspecified atom stereocenters. The molecule has 2 heterocycles. The SMILES string of the molecule is Cc1ccc(CN2C(=O)CSc3ccc(NC(=O)N[C@@H](C)CCc4ccco4)cc32)cc1. The van der Waals surface area contributed by atoms with Gasteiger partial charge in [-0.25, -0.2) is 4.79 Å². The predicted octanol–water partition coefficient (Wildman–Crippen LogP) is 5.37. The second-order valence-corrected chi connectivity index (χ2v) is 9.07. The summed E-state index contributed by atoms with van der Waals surface area (Å²) >= 11 is 1.53. The van der Waals surface area contributed by atoms with Crippen molar-refractivity contribution in [1.29, 1.82) is 0 Å². The topological polar surface area (TPSA) is 74.6 Å². The third-order valence-electron chi connectivity index (χ3n) is 5.40. The molecule has 1 atom stereocenters. The molecule has 1 aliphatic rings. The zero-order valence-corrected chi connectivity index (χ0v) is 19.1. The van der Waals surface area contributed by atoms with Crippen molar-refractivity contribution < 1.29 is 14.0 Å². The number of urea groups is 1. The quantitative estimate of drug-likeness (QED) is 0.509. The van der Waals surface area contributed by atoms with Gasteiger partial charge in [-0.05, 0) is 56.2 Å². The number of hydrogen-bond donors (Lipinski definition) is 2. The second-order valence-electron chi connectivity index (χ2n) is 8.05. The van der Waals surface area contributed by atoms with Crippen molar-refractivity contribution in [3.63, 3.8) is 0 Å². The number of carbonyl (C=O) groups is 2. The molecule has 4 rings (SSSR count). The van der Waals surface area contributed by atoms with E-state index in [2.05, 4.69) is 22.8 Å². The lowest BCUT2D eigenvalue weighted by molar-refractivity contribution is -0.116. The van der Waals surface area contributed by atoms with E-state index in [0.717, 1.165) is 34.7 Å².